The average molecular weight is 162 g/mol. The number of nitrogens with two attached hydrogens (primary N) is 1. The summed E-state index contributed by atoms with van der Waals surface area (Å²) in [4.78, 5) is 8.31. The van der Waals surface area contributed by atoms with Gasteiger partial charge in [0.2, 0.25) is 0 Å². The summed E-state index contributed by atoms with van der Waals surface area (Å²) in [6, 6.07) is 1.79. The lowest BCUT2D eigenvalue weighted by molar-refractivity contribution is 0.721. The highest BCUT2D eigenvalue weighted by Crippen LogP contribution is 2.08. The van der Waals surface area contributed by atoms with Gasteiger partial charge >= 0.3 is 0 Å². The lowest BCUT2D eigenvalue weighted by Gasteiger charge is -2.06. The van der Waals surface area contributed by atoms with Gasteiger partial charge in [-0.05, 0) is 13.0 Å². The number of imidazole rings is 1. The number of fused-ring (bicyclic) bond motifs is 1. The van der Waals surface area contributed by atoms with Gasteiger partial charge in [-0.25, -0.2) is 9.97 Å². The maximum absolute atomic E-state index is 5.73. The minimum atomic E-state index is -0.0668. The van der Waals surface area contributed by atoms with Crippen LogP contribution in [0.2, 0.25) is 0 Å². The van der Waals surface area contributed by atoms with E-state index in [4.69, 9.17) is 5.73 Å². The molecule has 0 saturated heterocycles. The molecule has 0 radical (unpaired) electrons. The average Bonchev–Trinajstić information content (AvgIpc) is 2.49. The summed E-state index contributed by atoms with van der Waals surface area (Å²) in [5.41, 5.74) is 6.61. The second-order valence-corrected chi connectivity index (χ2v) is 2.75. The number of aromatic nitrogens is 3. The highest BCUT2D eigenvalue weighted by atomic mass is 15.1. The van der Waals surface area contributed by atoms with Crippen LogP contribution in [0.5, 0.6) is 0 Å². The number of hydrogen-bond donors (Lipinski definition) is 1. The lowest BCUT2D eigenvalue weighted by Crippen LogP contribution is -2.11. The fourth-order valence-electron chi connectivity index (χ4n) is 1.21. The van der Waals surface area contributed by atoms with E-state index < -0.39 is 0 Å². The van der Waals surface area contributed by atoms with E-state index in [1.807, 2.05) is 23.6 Å². The molecule has 2 aromatic heterocycles. The summed E-state index contributed by atoms with van der Waals surface area (Å²) in [6.07, 6.45) is 5.32. The second-order valence-electron chi connectivity index (χ2n) is 2.75. The SMILES string of the molecule is CC(N)c1nccc2nccn12. The molecule has 0 aliphatic carbocycles. The van der Waals surface area contributed by atoms with Crippen LogP contribution >= 0.6 is 0 Å². The minimum Gasteiger partial charge on any atom is -0.322 e. The van der Waals surface area contributed by atoms with Crippen molar-refractivity contribution < 1.29 is 0 Å². The molecule has 1 unspecified atom stereocenters. The van der Waals surface area contributed by atoms with Crippen LogP contribution in [0.15, 0.2) is 24.7 Å². The zero-order chi connectivity index (χ0) is 8.55. The summed E-state index contributed by atoms with van der Waals surface area (Å²) in [6.45, 7) is 1.90. The molecule has 4 heteroatoms. The van der Waals surface area contributed by atoms with Gasteiger partial charge in [-0.2, -0.15) is 0 Å². The van der Waals surface area contributed by atoms with Crippen molar-refractivity contribution >= 4 is 5.65 Å². The molecule has 0 saturated carbocycles. The molecule has 0 aromatic carbocycles. The maximum Gasteiger partial charge on any atom is 0.139 e. The first-order valence-electron chi connectivity index (χ1n) is 3.82. The van der Waals surface area contributed by atoms with Crippen molar-refractivity contribution in [1.29, 1.82) is 0 Å². The van der Waals surface area contributed by atoms with Crippen LogP contribution in [0, 0.1) is 0 Å². The van der Waals surface area contributed by atoms with Crippen molar-refractivity contribution in [2.24, 2.45) is 5.73 Å². The third-order valence-corrected chi connectivity index (χ3v) is 1.75. The standard InChI is InChI=1S/C8H10N4/c1-6(9)8-11-3-2-7-10-4-5-12(7)8/h2-6H,9H2,1H3. The fourth-order valence-corrected chi connectivity index (χ4v) is 1.21. The molecule has 0 bridgehead atoms. The number of hydrogen-bond acceptors (Lipinski definition) is 3. The molecule has 0 spiro atoms. The third-order valence-electron chi connectivity index (χ3n) is 1.75. The second kappa shape index (κ2) is 2.57. The van der Waals surface area contributed by atoms with E-state index in [2.05, 4.69) is 9.97 Å². The predicted octanol–water partition coefficient (Wildman–Crippen LogP) is 0.749. The molecule has 1 atom stereocenters. The molecular weight excluding hydrogens is 152 g/mol. The van der Waals surface area contributed by atoms with E-state index in [9.17, 15) is 0 Å². The molecule has 4 nitrogen and oxygen atoms in total. The van der Waals surface area contributed by atoms with Crippen LogP contribution in [-0.2, 0) is 0 Å². The van der Waals surface area contributed by atoms with Crippen molar-refractivity contribution in [3.05, 3.63) is 30.5 Å². The van der Waals surface area contributed by atoms with Crippen LogP contribution < -0.4 is 5.73 Å². The van der Waals surface area contributed by atoms with Crippen molar-refractivity contribution in [2.45, 2.75) is 13.0 Å². The Morgan fingerprint density at radius 2 is 2.25 bits per heavy atom. The van der Waals surface area contributed by atoms with Crippen molar-refractivity contribution in [1.82, 2.24) is 14.4 Å². The molecule has 2 aromatic rings. The Balaban J connectivity index is 2.73. The lowest BCUT2D eigenvalue weighted by atomic mass is 10.3. The van der Waals surface area contributed by atoms with E-state index in [-0.39, 0.29) is 6.04 Å². The van der Waals surface area contributed by atoms with Gasteiger partial charge in [0.1, 0.15) is 11.5 Å². The molecule has 12 heavy (non-hydrogen) atoms. The molecule has 0 aliphatic rings. The van der Waals surface area contributed by atoms with Crippen LogP contribution in [-0.4, -0.2) is 14.4 Å². The molecule has 62 valence electrons. The van der Waals surface area contributed by atoms with Gasteiger partial charge in [0, 0.05) is 18.6 Å². The first-order valence-corrected chi connectivity index (χ1v) is 3.82. The van der Waals surface area contributed by atoms with Crippen LogP contribution in [0.25, 0.3) is 5.65 Å². The van der Waals surface area contributed by atoms with Crippen LogP contribution in [0.3, 0.4) is 0 Å². The summed E-state index contributed by atoms with van der Waals surface area (Å²) in [5.74, 6) is 0.838. The topological polar surface area (TPSA) is 56.2 Å². The van der Waals surface area contributed by atoms with Gasteiger partial charge in [-0.15, -0.1) is 0 Å². The van der Waals surface area contributed by atoms with Gasteiger partial charge in [-0.3, -0.25) is 4.40 Å². The molecule has 0 fully saturated rings. The Bertz CT molecular complexity index is 391. The largest absolute Gasteiger partial charge is 0.322 e. The summed E-state index contributed by atoms with van der Waals surface area (Å²) < 4.78 is 1.89. The summed E-state index contributed by atoms with van der Waals surface area (Å²) in [5, 5.41) is 0. The van der Waals surface area contributed by atoms with Gasteiger partial charge in [0.05, 0.1) is 6.04 Å². The van der Waals surface area contributed by atoms with Gasteiger partial charge in [-0.1, -0.05) is 0 Å². The van der Waals surface area contributed by atoms with Crippen molar-refractivity contribution in [2.75, 3.05) is 0 Å². The van der Waals surface area contributed by atoms with E-state index >= 15 is 0 Å². The van der Waals surface area contributed by atoms with Gasteiger partial charge < -0.3 is 5.73 Å². The zero-order valence-electron chi connectivity index (χ0n) is 6.81. The van der Waals surface area contributed by atoms with E-state index in [1.165, 1.54) is 0 Å². The molecule has 2 heterocycles. The van der Waals surface area contributed by atoms with Gasteiger partial charge in [0.15, 0.2) is 0 Å². The van der Waals surface area contributed by atoms with Crippen molar-refractivity contribution in [3.8, 4) is 0 Å². The quantitative estimate of drug-likeness (QED) is 0.673. The van der Waals surface area contributed by atoms with Crippen LogP contribution in [0.1, 0.15) is 18.8 Å². The Hall–Kier alpha value is -1.42. The first kappa shape index (κ1) is 7.24. The minimum absolute atomic E-state index is 0.0668. The van der Waals surface area contributed by atoms with Crippen molar-refractivity contribution in [3.63, 3.8) is 0 Å². The molecular formula is C8H10N4. The van der Waals surface area contributed by atoms with E-state index in [0.29, 0.717) is 0 Å². The van der Waals surface area contributed by atoms with Crippen LogP contribution in [0.4, 0.5) is 0 Å². The highest BCUT2D eigenvalue weighted by Gasteiger charge is 2.05. The Kier molecular flexibility index (Phi) is 1.55. The third kappa shape index (κ3) is 0.967. The summed E-state index contributed by atoms with van der Waals surface area (Å²) >= 11 is 0. The molecule has 2 rings (SSSR count). The highest BCUT2D eigenvalue weighted by molar-refractivity contribution is 5.37. The molecule has 2 N–H and O–H groups in total. The smallest absolute Gasteiger partial charge is 0.139 e. The van der Waals surface area contributed by atoms with E-state index in [0.717, 1.165) is 11.5 Å². The Labute approximate surface area is 70.1 Å². The maximum atomic E-state index is 5.73. The molecule has 0 amide bonds. The Morgan fingerprint density at radius 3 is 3.00 bits per heavy atom. The predicted molar refractivity (Wildman–Crippen MR) is 45.6 cm³/mol. The zero-order valence-corrected chi connectivity index (χ0v) is 6.81. The molecule has 0 aliphatic heterocycles. The summed E-state index contributed by atoms with van der Waals surface area (Å²) in [7, 11) is 0. The first-order chi connectivity index (χ1) is 5.79. The number of nitrogens with zero attached hydrogens (tertiary/aromatic N) is 3. The monoisotopic (exact) mass is 162 g/mol. The fraction of sp³-hybridized carbons (Fsp3) is 0.250. The number of rotatable bonds is 1. The van der Waals surface area contributed by atoms with E-state index in [1.54, 1.807) is 12.4 Å². The van der Waals surface area contributed by atoms with Gasteiger partial charge in [0.25, 0.3) is 0 Å². The normalized spacial score (nSPS) is 13.5. The Morgan fingerprint density at radius 1 is 1.42 bits per heavy atom.